The lowest BCUT2D eigenvalue weighted by atomic mass is 10.2. The van der Waals surface area contributed by atoms with Crippen LogP contribution in [0.15, 0.2) is 46.2 Å². The van der Waals surface area contributed by atoms with Crippen molar-refractivity contribution in [3.63, 3.8) is 0 Å². The summed E-state index contributed by atoms with van der Waals surface area (Å²) in [6.45, 7) is 5.91. The van der Waals surface area contributed by atoms with Gasteiger partial charge >= 0.3 is 0 Å². The molecule has 0 aliphatic rings. The van der Waals surface area contributed by atoms with Crippen LogP contribution in [-0.4, -0.2) is 31.4 Å². The topological polar surface area (TPSA) is 72.7 Å². The molecule has 0 aliphatic heterocycles. The molecule has 0 spiro atoms. The lowest BCUT2D eigenvalue weighted by molar-refractivity contribution is -0.113. The molecule has 0 fully saturated rings. The fourth-order valence-corrected chi connectivity index (χ4v) is 3.69. The van der Waals surface area contributed by atoms with E-state index in [1.165, 1.54) is 18.1 Å². The van der Waals surface area contributed by atoms with Crippen molar-refractivity contribution in [1.82, 2.24) is 19.7 Å². The average Bonchev–Trinajstić information content (AvgIpc) is 2.94. The van der Waals surface area contributed by atoms with Gasteiger partial charge in [-0.1, -0.05) is 17.8 Å². The minimum Gasteiger partial charge on any atom is -0.324 e. The molecular weight excluding hydrogens is 414 g/mol. The first-order valence-corrected chi connectivity index (χ1v) is 9.75. The summed E-state index contributed by atoms with van der Waals surface area (Å²) in [5.41, 5.74) is 3.81. The number of nitrogens with one attached hydrogen (secondary N) is 1. The van der Waals surface area contributed by atoms with Crippen molar-refractivity contribution < 1.29 is 4.79 Å². The van der Waals surface area contributed by atoms with Crippen molar-refractivity contribution in [3.8, 4) is 5.82 Å². The molecule has 2 aromatic heterocycles. The number of benzene rings is 1. The van der Waals surface area contributed by atoms with E-state index in [1.54, 1.807) is 4.68 Å². The van der Waals surface area contributed by atoms with E-state index in [0.29, 0.717) is 5.82 Å². The molecule has 0 atom stereocenters. The third kappa shape index (κ3) is 4.50. The molecule has 0 radical (unpaired) electrons. The predicted octanol–water partition coefficient (Wildman–Crippen LogP) is 4.08. The maximum Gasteiger partial charge on any atom is 0.234 e. The van der Waals surface area contributed by atoms with Gasteiger partial charge in [-0.15, -0.1) is 0 Å². The number of halogens is 1. The number of carbonyl (C=O) groups excluding carboxylic acids is 1. The number of aromatic nitrogens is 4. The Bertz CT molecular complexity index is 957. The van der Waals surface area contributed by atoms with Gasteiger partial charge < -0.3 is 5.32 Å². The Morgan fingerprint density at radius 2 is 2.00 bits per heavy atom. The molecule has 1 N–H and O–H groups in total. The van der Waals surface area contributed by atoms with Crippen LogP contribution in [0.2, 0.25) is 0 Å². The zero-order valence-electron chi connectivity index (χ0n) is 14.7. The Balaban J connectivity index is 1.65. The van der Waals surface area contributed by atoms with Gasteiger partial charge in [-0.25, -0.2) is 14.6 Å². The number of rotatable bonds is 5. The highest BCUT2D eigenvalue weighted by molar-refractivity contribution is 9.10. The number of hydrogen-bond donors (Lipinski definition) is 1. The molecule has 6 nitrogen and oxygen atoms in total. The summed E-state index contributed by atoms with van der Waals surface area (Å²) in [6, 6.07) is 9.63. The van der Waals surface area contributed by atoms with E-state index in [2.05, 4.69) is 36.3 Å². The standard InChI is InChI=1S/C18H18BrN5OS/c1-11-4-5-15(14(19)6-11)22-17(25)9-26-18-8-16(20-10-21-18)24-13(3)7-12(2)23-24/h4-8,10H,9H2,1-3H3,(H,22,25). The second-order valence-electron chi connectivity index (χ2n) is 5.87. The van der Waals surface area contributed by atoms with Gasteiger partial charge in [-0.2, -0.15) is 5.10 Å². The number of carbonyl (C=O) groups is 1. The summed E-state index contributed by atoms with van der Waals surface area (Å²) in [6.07, 6.45) is 1.49. The molecule has 8 heteroatoms. The summed E-state index contributed by atoms with van der Waals surface area (Å²) in [5.74, 6) is 0.856. The summed E-state index contributed by atoms with van der Waals surface area (Å²) < 4.78 is 2.63. The van der Waals surface area contributed by atoms with Gasteiger partial charge in [0.05, 0.1) is 17.1 Å². The number of thioether (sulfide) groups is 1. The monoisotopic (exact) mass is 431 g/mol. The van der Waals surface area contributed by atoms with E-state index < -0.39 is 0 Å². The van der Waals surface area contributed by atoms with Crippen molar-refractivity contribution in [2.75, 3.05) is 11.1 Å². The normalized spacial score (nSPS) is 10.8. The highest BCUT2D eigenvalue weighted by Gasteiger charge is 2.10. The molecule has 3 aromatic rings. The molecule has 2 heterocycles. The van der Waals surface area contributed by atoms with E-state index in [9.17, 15) is 4.79 Å². The number of anilines is 1. The number of hydrogen-bond acceptors (Lipinski definition) is 5. The van der Waals surface area contributed by atoms with Crippen molar-refractivity contribution in [3.05, 3.63) is 58.1 Å². The lowest BCUT2D eigenvalue weighted by Crippen LogP contribution is -2.14. The maximum atomic E-state index is 12.2. The molecule has 0 bridgehead atoms. The molecule has 0 saturated carbocycles. The van der Waals surface area contributed by atoms with Crippen LogP contribution in [0.25, 0.3) is 5.82 Å². The summed E-state index contributed by atoms with van der Waals surface area (Å²) in [4.78, 5) is 20.7. The zero-order chi connectivity index (χ0) is 18.7. The van der Waals surface area contributed by atoms with Gasteiger partial charge in [-0.05, 0) is 60.5 Å². The Kier molecular flexibility index (Phi) is 5.73. The summed E-state index contributed by atoms with van der Waals surface area (Å²) >= 11 is 4.82. The van der Waals surface area contributed by atoms with Crippen LogP contribution in [0.3, 0.4) is 0 Å². The van der Waals surface area contributed by atoms with Gasteiger partial charge in [0.25, 0.3) is 0 Å². The smallest absolute Gasteiger partial charge is 0.234 e. The average molecular weight is 432 g/mol. The highest BCUT2D eigenvalue weighted by atomic mass is 79.9. The summed E-state index contributed by atoms with van der Waals surface area (Å²) in [7, 11) is 0. The molecule has 1 aromatic carbocycles. The van der Waals surface area contributed by atoms with Crippen molar-refractivity contribution in [2.24, 2.45) is 0 Å². The van der Waals surface area contributed by atoms with E-state index in [-0.39, 0.29) is 11.7 Å². The quantitative estimate of drug-likeness (QED) is 0.486. The predicted molar refractivity (Wildman–Crippen MR) is 107 cm³/mol. The Morgan fingerprint density at radius 1 is 1.19 bits per heavy atom. The fraction of sp³-hybridized carbons (Fsp3) is 0.222. The molecule has 0 saturated heterocycles. The van der Waals surface area contributed by atoms with Crippen molar-refractivity contribution in [1.29, 1.82) is 0 Å². The molecule has 1 amide bonds. The fourth-order valence-electron chi connectivity index (χ4n) is 2.43. The minimum absolute atomic E-state index is 0.0918. The third-order valence-corrected chi connectivity index (χ3v) is 5.19. The van der Waals surface area contributed by atoms with Gasteiger partial charge in [0.2, 0.25) is 5.91 Å². The van der Waals surface area contributed by atoms with Crippen LogP contribution >= 0.6 is 27.7 Å². The van der Waals surface area contributed by atoms with Crippen LogP contribution in [0, 0.1) is 20.8 Å². The van der Waals surface area contributed by atoms with E-state index >= 15 is 0 Å². The van der Waals surface area contributed by atoms with Gasteiger partial charge in [0.1, 0.15) is 11.4 Å². The Hall–Kier alpha value is -2.19. The Labute approximate surface area is 164 Å². The van der Waals surface area contributed by atoms with Gasteiger partial charge in [0.15, 0.2) is 5.82 Å². The van der Waals surface area contributed by atoms with Gasteiger partial charge in [-0.3, -0.25) is 4.79 Å². The first kappa shape index (κ1) is 18.6. The molecule has 0 unspecified atom stereocenters. The third-order valence-electron chi connectivity index (χ3n) is 3.60. The van der Waals surface area contributed by atoms with Gasteiger partial charge in [0, 0.05) is 16.2 Å². The second kappa shape index (κ2) is 8.01. The highest BCUT2D eigenvalue weighted by Crippen LogP contribution is 2.24. The number of aryl methyl sites for hydroxylation is 3. The second-order valence-corrected chi connectivity index (χ2v) is 7.72. The maximum absolute atomic E-state index is 12.2. The van der Waals surface area contributed by atoms with E-state index in [0.717, 1.165) is 32.1 Å². The van der Waals surface area contributed by atoms with Crippen LogP contribution in [0.1, 0.15) is 17.0 Å². The minimum atomic E-state index is -0.0918. The molecule has 0 aliphatic carbocycles. The first-order valence-electron chi connectivity index (χ1n) is 7.97. The first-order chi connectivity index (χ1) is 12.4. The van der Waals surface area contributed by atoms with Crippen LogP contribution in [-0.2, 0) is 4.79 Å². The molecule has 26 heavy (non-hydrogen) atoms. The zero-order valence-corrected chi connectivity index (χ0v) is 17.1. The largest absolute Gasteiger partial charge is 0.324 e. The summed E-state index contributed by atoms with van der Waals surface area (Å²) in [5, 5.41) is 8.04. The Morgan fingerprint density at radius 3 is 2.69 bits per heavy atom. The lowest BCUT2D eigenvalue weighted by Gasteiger charge is -2.08. The number of nitrogens with zero attached hydrogens (tertiary/aromatic N) is 4. The van der Waals surface area contributed by atoms with Crippen LogP contribution < -0.4 is 5.32 Å². The van der Waals surface area contributed by atoms with Crippen LogP contribution in [0.5, 0.6) is 0 Å². The SMILES string of the molecule is Cc1ccc(NC(=O)CSc2cc(-n3nc(C)cc3C)ncn2)c(Br)c1. The van der Waals surface area contributed by atoms with Crippen molar-refractivity contribution >= 4 is 39.3 Å². The van der Waals surface area contributed by atoms with Crippen LogP contribution in [0.4, 0.5) is 5.69 Å². The van der Waals surface area contributed by atoms with E-state index in [4.69, 9.17) is 0 Å². The molecule has 3 rings (SSSR count). The van der Waals surface area contributed by atoms with Crippen molar-refractivity contribution in [2.45, 2.75) is 25.8 Å². The molecular formula is C18H18BrN5OS. The molecule has 134 valence electrons. The van der Waals surface area contributed by atoms with E-state index in [1.807, 2.05) is 51.1 Å². The number of amides is 1.